The number of rotatable bonds is 14. The van der Waals surface area contributed by atoms with Crippen molar-refractivity contribution in [3.63, 3.8) is 0 Å². The lowest BCUT2D eigenvalue weighted by Crippen LogP contribution is -2.19. The van der Waals surface area contributed by atoms with Gasteiger partial charge in [0.1, 0.15) is 5.78 Å². The van der Waals surface area contributed by atoms with Crippen LogP contribution in [0.2, 0.25) is 0 Å². The summed E-state index contributed by atoms with van der Waals surface area (Å²) in [5.74, 6) is 0.320. The monoisotopic (exact) mass is 330 g/mol. The van der Waals surface area contributed by atoms with Crippen molar-refractivity contribution in [3.8, 4) is 0 Å². The van der Waals surface area contributed by atoms with E-state index in [1.54, 1.807) is 0 Å². The van der Waals surface area contributed by atoms with Crippen molar-refractivity contribution in [1.82, 2.24) is 0 Å². The van der Waals surface area contributed by atoms with Gasteiger partial charge in [-0.25, -0.2) is 0 Å². The number of Topliss-reactive ketones (excluding diaryl/α,β-unsaturated/α-hetero) is 2. The second-order valence-electron chi connectivity index (χ2n) is 6.82. The Balaban J connectivity index is 2.55. The van der Waals surface area contributed by atoms with Gasteiger partial charge in [0.25, 0.3) is 0 Å². The minimum absolute atomic E-state index is 0.0869. The minimum Gasteiger partial charge on any atom is -0.299 e. The fourth-order valence-corrected chi connectivity index (χ4v) is 3.09. The fourth-order valence-electron chi connectivity index (χ4n) is 3.09. The molecule has 0 spiro atoms. The molecule has 0 radical (unpaired) electrons. The molecule has 0 heterocycles. The molecule has 0 fully saturated rings. The lowest BCUT2D eigenvalue weighted by Gasteiger charge is -2.15. The zero-order valence-electron chi connectivity index (χ0n) is 15.6. The molecule has 24 heavy (non-hydrogen) atoms. The van der Waals surface area contributed by atoms with Crippen molar-refractivity contribution in [2.24, 2.45) is 5.92 Å². The second kappa shape index (κ2) is 12.9. The van der Waals surface area contributed by atoms with Gasteiger partial charge in [-0.3, -0.25) is 9.59 Å². The van der Waals surface area contributed by atoms with E-state index in [4.69, 9.17) is 0 Å². The van der Waals surface area contributed by atoms with Crippen LogP contribution in [0.3, 0.4) is 0 Å². The number of ketones is 2. The van der Waals surface area contributed by atoms with E-state index in [2.05, 4.69) is 13.8 Å². The zero-order valence-corrected chi connectivity index (χ0v) is 15.6. The molecule has 0 aliphatic heterocycles. The molecule has 0 bridgehead atoms. The van der Waals surface area contributed by atoms with Crippen LogP contribution in [0.1, 0.15) is 94.8 Å². The standard InChI is InChI=1S/C22H34O2/c1-3-5-7-10-16-20(21(23)17-13-8-6-4-2)18-22(24)19-14-11-9-12-15-19/h9,11-12,14-15,20H,3-8,10,13,16-18H2,1-2H3. The molecule has 1 unspecified atom stereocenters. The maximum Gasteiger partial charge on any atom is 0.163 e. The highest BCUT2D eigenvalue weighted by Crippen LogP contribution is 2.21. The summed E-state index contributed by atoms with van der Waals surface area (Å²) in [4.78, 5) is 25.1. The van der Waals surface area contributed by atoms with Crippen LogP contribution in [-0.4, -0.2) is 11.6 Å². The van der Waals surface area contributed by atoms with E-state index in [1.165, 1.54) is 25.7 Å². The molecular weight excluding hydrogens is 296 g/mol. The van der Waals surface area contributed by atoms with Crippen molar-refractivity contribution >= 4 is 11.6 Å². The van der Waals surface area contributed by atoms with Gasteiger partial charge in [0, 0.05) is 24.3 Å². The van der Waals surface area contributed by atoms with E-state index in [0.29, 0.717) is 18.6 Å². The topological polar surface area (TPSA) is 34.1 Å². The maximum absolute atomic E-state index is 12.6. The number of benzene rings is 1. The molecule has 0 amide bonds. The summed E-state index contributed by atoms with van der Waals surface area (Å²) in [7, 11) is 0. The normalized spacial score (nSPS) is 12.1. The predicted octanol–water partition coefficient (Wildman–Crippen LogP) is 6.39. The third-order valence-corrected chi connectivity index (χ3v) is 4.67. The Morgan fingerprint density at radius 3 is 2.08 bits per heavy atom. The fraction of sp³-hybridized carbons (Fsp3) is 0.636. The number of hydrogen-bond acceptors (Lipinski definition) is 2. The molecule has 0 aromatic heterocycles. The van der Waals surface area contributed by atoms with Gasteiger partial charge in [0.2, 0.25) is 0 Å². The molecule has 1 aromatic rings. The molecule has 0 aliphatic carbocycles. The average molecular weight is 331 g/mol. The van der Waals surface area contributed by atoms with Gasteiger partial charge in [0.15, 0.2) is 5.78 Å². The van der Waals surface area contributed by atoms with Crippen molar-refractivity contribution < 1.29 is 9.59 Å². The SMILES string of the molecule is CCCCCCC(=O)C(CCCCCC)CC(=O)c1ccccc1. The summed E-state index contributed by atoms with van der Waals surface area (Å²) in [5, 5.41) is 0. The van der Waals surface area contributed by atoms with Gasteiger partial charge in [0.05, 0.1) is 0 Å². The molecule has 1 aromatic carbocycles. The Hall–Kier alpha value is -1.44. The first-order valence-electron chi connectivity index (χ1n) is 9.80. The van der Waals surface area contributed by atoms with Crippen LogP contribution >= 0.6 is 0 Å². The Morgan fingerprint density at radius 1 is 0.833 bits per heavy atom. The highest BCUT2D eigenvalue weighted by Gasteiger charge is 2.21. The van der Waals surface area contributed by atoms with Gasteiger partial charge in [-0.2, -0.15) is 0 Å². The molecule has 1 atom stereocenters. The van der Waals surface area contributed by atoms with Crippen LogP contribution in [0.4, 0.5) is 0 Å². The van der Waals surface area contributed by atoms with Crippen LogP contribution in [0.25, 0.3) is 0 Å². The van der Waals surface area contributed by atoms with Crippen molar-refractivity contribution in [3.05, 3.63) is 35.9 Å². The number of unbranched alkanes of at least 4 members (excludes halogenated alkanes) is 6. The van der Waals surface area contributed by atoms with Crippen LogP contribution in [0.15, 0.2) is 30.3 Å². The van der Waals surface area contributed by atoms with Crippen molar-refractivity contribution in [1.29, 1.82) is 0 Å². The highest BCUT2D eigenvalue weighted by atomic mass is 16.1. The Bertz CT molecular complexity index is 464. The van der Waals surface area contributed by atoms with Crippen LogP contribution < -0.4 is 0 Å². The molecule has 0 aliphatic rings. The van der Waals surface area contributed by atoms with E-state index in [-0.39, 0.29) is 11.7 Å². The van der Waals surface area contributed by atoms with Gasteiger partial charge < -0.3 is 0 Å². The summed E-state index contributed by atoms with van der Waals surface area (Å²) in [6.07, 6.45) is 11.0. The van der Waals surface area contributed by atoms with Gasteiger partial charge in [-0.05, 0) is 12.8 Å². The number of carbonyl (C=O) groups is 2. The predicted molar refractivity (Wildman–Crippen MR) is 101 cm³/mol. The van der Waals surface area contributed by atoms with E-state index < -0.39 is 0 Å². The first-order chi connectivity index (χ1) is 11.7. The smallest absolute Gasteiger partial charge is 0.163 e. The Labute approximate surface area is 148 Å². The molecule has 2 heteroatoms. The lowest BCUT2D eigenvalue weighted by molar-refractivity contribution is -0.123. The van der Waals surface area contributed by atoms with Crippen LogP contribution in [-0.2, 0) is 4.79 Å². The molecule has 2 nitrogen and oxygen atoms in total. The van der Waals surface area contributed by atoms with E-state index >= 15 is 0 Å². The first kappa shape index (κ1) is 20.6. The first-order valence-corrected chi connectivity index (χ1v) is 9.80. The van der Waals surface area contributed by atoms with Crippen molar-refractivity contribution in [2.75, 3.05) is 0 Å². The van der Waals surface area contributed by atoms with E-state index in [0.717, 1.165) is 37.7 Å². The van der Waals surface area contributed by atoms with Gasteiger partial charge in [-0.1, -0.05) is 89.1 Å². The van der Waals surface area contributed by atoms with E-state index in [9.17, 15) is 9.59 Å². The molecule has 1 rings (SSSR count). The summed E-state index contributed by atoms with van der Waals surface area (Å²) in [5.41, 5.74) is 0.731. The van der Waals surface area contributed by atoms with Crippen LogP contribution in [0.5, 0.6) is 0 Å². The average Bonchev–Trinajstić information content (AvgIpc) is 2.61. The quantitative estimate of drug-likeness (QED) is 0.293. The molecule has 134 valence electrons. The number of hydrogen-bond donors (Lipinski definition) is 0. The third kappa shape index (κ3) is 8.42. The maximum atomic E-state index is 12.6. The molecular formula is C22H34O2. The lowest BCUT2D eigenvalue weighted by atomic mass is 9.87. The summed E-state index contributed by atoms with van der Waals surface area (Å²) < 4.78 is 0. The molecule has 0 N–H and O–H groups in total. The van der Waals surface area contributed by atoms with Crippen molar-refractivity contribution in [2.45, 2.75) is 84.5 Å². The van der Waals surface area contributed by atoms with Crippen LogP contribution in [0, 0.1) is 5.92 Å². The summed E-state index contributed by atoms with van der Waals surface area (Å²) >= 11 is 0. The van der Waals surface area contributed by atoms with Gasteiger partial charge in [-0.15, -0.1) is 0 Å². The second-order valence-corrected chi connectivity index (χ2v) is 6.82. The summed E-state index contributed by atoms with van der Waals surface area (Å²) in [6, 6.07) is 9.38. The minimum atomic E-state index is -0.0869. The molecule has 0 saturated carbocycles. The Morgan fingerprint density at radius 2 is 1.46 bits per heavy atom. The van der Waals surface area contributed by atoms with Gasteiger partial charge >= 0.3 is 0 Å². The number of carbonyl (C=O) groups excluding carboxylic acids is 2. The molecule has 0 saturated heterocycles. The summed E-state index contributed by atoms with van der Waals surface area (Å²) in [6.45, 7) is 4.37. The third-order valence-electron chi connectivity index (χ3n) is 4.67. The largest absolute Gasteiger partial charge is 0.299 e. The zero-order chi connectivity index (χ0) is 17.6. The highest BCUT2D eigenvalue weighted by molar-refractivity contribution is 5.98. The van der Waals surface area contributed by atoms with E-state index in [1.807, 2.05) is 30.3 Å². The Kier molecular flexibility index (Phi) is 11.1.